The monoisotopic (exact) mass is 317 g/mol. The number of para-hydroxylation sites is 1. The molecule has 4 nitrogen and oxygen atoms in total. The molecule has 21 heavy (non-hydrogen) atoms. The first-order chi connectivity index (χ1) is 9.83. The smallest absolute Gasteiger partial charge is 0.405 e. The molecule has 1 N–H and O–H groups in total. The maximum absolute atomic E-state index is 12.3. The number of hydrogen-bond acceptors (Lipinski definition) is 4. The fraction of sp³-hybridized carbons (Fsp3) is 0.231. The highest BCUT2D eigenvalue weighted by molar-refractivity contribution is 6.29. The molecule has 0 aliphatic heterocycles. The number of benzene rings is 1. The average Bonchev–Trinajstić information content (AvgIpc) is 2.35. The van der Waals surface area contributed by atoms with Gasteiger partial charge in [-0.2, -0.15) is 0 Å². The van der Waals surface area contributed by atoms with E-state index in [2.05, 4.69) is 20.0 Å². The molecule has 0 saturated heterocycles. The molecule has 0 atom stereocenters. The van der Waals surface area contributed by atoms with E-state index in [0.29, 0.717) is 17.2 Å². The molecular formula is C13H11ClF3N3O. The van der Waals surface area contributed by atoms with Crippen molar-refractivity contribution in [2.45, 2.75) is 19.8 Å². The largest absolute Gasteiger partial charge is 0.573 e. The fourth-order valence-corrected chi connectivity index (χ4v) is 1.91. The molecule has 1 aromatic carbocycles. The molecule has 0 aliphatic rings. The first-order valence-electron chi connectivity index (χ1n) is 5.92. The quantitative estimate of drug-likeness (QED) is 0.867. The number of rotatable bonds is 4. The first-order valence-corrected chi connectivity index (χ1v) is 6.30. The van der Waals surface area contributed by atoms with Crippen LogP contribution in [0.25, 0.3) is 0 Å². The van der Waals surface area contributed by atoms with Gasteiger partial charge in [0.2, 0.25) is 0 Å². The Morgan fingerprint density at radius 2 is 1.95 bits per heavy atom. The topological polar surface area (TPSA) is 47.0 Å². The van der Waals surface area contributed by atoms with E-state index < -0.39 is 6.36 Å². The maximum atomic E-state index is 12.3. The first kappa shape index (κ1) is 15.4. The Bertz CT molecular complexity index is 614. The summed E-state index contributed by atoms with van der Waals surface area (Å²) in [5, 5.41) is 3.14. The molecule has 0 aliphatic carbocycles. The van der Waals surface area contributed by atoms with Gasteiger partial charge < -0.3 is 10.1 Å². The molecule has 0 unspecified atom stereocenters. The van der Waals surface area contributed by atoms with Crippen molar-refractivity contribution in [3.8, 4) is 5.75 Å². The van der Waals surface area contributed by atoms with Gasteiger partial charge in [-0.15, -0.1) is 13.2 Å². The van der Waals surface area contributed by atoms with Crippen LogP contribution in [0.2, 0.25) is 5.15 Å². The van der Waals surface area contributed by atoms with Crippen LogP contribution in [-0.2, 0) is 6.54 Å². The minimum atomic E-state index is -4.73. The lowest BCUT2D eigenvalue weighted by atomic mass is 10.2. The van der Waals surface area contributed by atoms with Crippen molar-refractivity contribution in [3.05, 3.63) is 46.9 Å². The standard InChI is InChI=1S/C13H11ClF3N3O/c1-8-19-11(14)6-12(20-8)18-7-9-4-2-3-5-10(9)21-13(15,16)17/h2-6H,7H2,1H3,(H,18,19,20). The molecule has 1 aromatic heterocycles. The van der Waals surface area contributed by atoms with Gasteiger partial charge >= 0.3 is 6.36 Å². The van der Waals surface area contributed by atoms with E-state index in [1.165, 1.54) is 24.3 Å². The molecule has 0 saturated carbocycles. The highest BCUT2D eigenvalue weighted by Gasteiger charge is 2.31. The molecule has 0 radical (unpaired) electrons. The molecule has 0 spiro atoms. The zero-order chi connectivity index (χ0) is 15.5. The zero-order valence-corrected chi connectivity index (χ0v) is 11.7. The lowest BCUT2D eigenvalue weighted by molar-refractivity contribution is -0.274. The molecule has 1 heterocycles. The van der Waals surface area contributed by atoms with Crippen LogP contribution in [0.4, 0.5) is 19.0 Å². The second-order valence-corrected chi connectivity index (χ2v) is 4.52. The van der Waals surface area contributed by atoms with Crippen molar-refractivity contribution in [3.63, 3.8) is 0 Å². The Hall–Kier alpha value is -2.02. The normalized spacial score (nSPS) is 11.3. The van der Waals surface area contributed by atoms with Crippen LogP contribution in [0.15, 0.2) is 30.3 Å². The molecule has 0 fully saturated rings. The van der Waals surface area contributed by atoms with Crippen molar-refractivity contribution >= 4 is 17.4 Å². The predicted molar refractivity (Wildman–Crippen MR) is 72.2 cm³/mol. The summed E-state index contributed by atoms with van der Waals surface area (Å²) in [7, 11) is 0. The van der Waals surface area contributed by atoms with Gasteiger partial charge in [-0.1, -0.05) is 29.8 Å². The number of nitrogens with zero attached hydrogens (tertiary/aromatic N) is 2. The van der Waals surface area contributed by atoms with Crippen molar-refractivity contribution in [2.24, 2.45) is 0 Å². The number of nitrogens with one attached hydrogen (secondary N) is 1. The van der Waals surface area contributed by atoms with Gasteiger partial charge in [0.25, 0.3) is 0 Å². The van der Waals surface area contributed by atoms with E-state index in [1.54, 1.807) is 13.0 Å². The van der Waals surface area contributed by atoms with Gasteiger partial charge in [0.15, 0.2) is 0 Å². The fourth-order valence-electron chi connectivity index (χ4n) is 1.68. The Morgan fingerprint density at radius 3 is 2.62 bits per heavy atom. The number of anilines is 1. The number of ether oxygens (including phenoxy) is 1. The van der Waals surface area contributed by atoms with Crippen molar-refractivity contribution in [2.75, 3.05) is 5.32 Å². The molecular weight excluding hydrogens is 307 g/mol. The van der Waals surface area contributed by atoms with Gasteiger partial charge in [-0.05, 0) is 13.0 Å². The predicted octanol–water partition coefficient (Wildman–Crippen LogP) is 3.95. The van der Waals surface area contributed by atoms with Gasteiger partial charge in [0.05, 0.1) is 0 Å². The molecule has 0 amide bonds. The van der Waals surface area contributed by atoms with Crippen LogP contribution in [0.1, 0.15) is 11.4 Å². The third kappa shape index (κ3) is 4.78. The molecule has 2 aromatic rings. The summed E-state index contributed by atoms with van der Waals surface area (Å²) in [5.74, 6) is 0.633. The summed E-state index contributed by atoms with van der Waals surface area (Å²) < 4.78 is 40.9. The minimum absolute atomic E-state index is 0.110. The molecule has 8 heteroatoms. The van der Waals surface area contributed by atoms with Crippen LogP contribution in [0.3, 0.4) is 0 Å². The lowest BCUT2D eigenvalue weighted by Gasteiger charge is -2.14. The van der Waals surface area contributed by atoms with Crippen molar-refractivity contribution in [1.29, 1.82) is 0 Å². The number of hydrogen-bond donors (Lipinski definition) is 1. The summed E-state index contributed by atoms with van der Waals surface area (Å²) in [6, 6.07) is 7.36. The van der Waals surface area contributed by atoms with Crippen LogP contribution in [0.5, 0.6) is 5.75 Å². The zero-order valence-electron chi connectivity index (χ0n) is 10.9. The average molecular weight is 318 g/mol. The third-order valence-corrected chi connectivity index (χ3v) is 2.66. The Labute approximate surface area is 123 Å². The molecule has 2 rings (SSSR count). The van der Waals surface area contributed by atoms with Crippen LogP contribution in [0, 0.1) is 6.92 Å². The maximum Gasteiger partial charge on any atom is 0.573 e. The minimum Gasteiger partial charge on any atom is -0.405 e. The van der Waals surface area contributed by atoms with Crippen LogP contribution in [-0.4, -0.2) is 16.3 Å². The van der Waals surface area contributed by atoms with Gasteiger partial charge in [-0.25, -0.2) is 9.97 Å². The van der Waals surface area contributed by atoms with Gasteiger partial charge in [-0.3, -0.25) is 0 Å². The van der Waals surface area contributed by atoms with E-state index in [0.717, 1.165) is 0 Å². The van der Waals surface area contributed by atoms with Crippen LogP contribution >= 0.6 is 11.6 Å². The Balaban J connectivity index is 2.13. The highest BCUT2D eigenvalue weighted by Crippen LogP contribution is 2.26. The highest BCUT2D eigenvalue weighted by atomic mass is 35.5. The summed E-state index contributed by atoms with van der Waals surface area (Å²) in [4.78, 5) is 7.98. The van der Waals surface area contributed by atoms with Gasteiger partial charge in [0, 0.05) is 18.2 Å². The van der Waals surface area contributed by atoms with E-state index in [-0.39, 0.29) is 17.4 Å². The second kappa shape index (κ2) is 6.17. The lowest BCUT2D eigenvalue weighted by Crippen LogP contribution is -2.18. The number of aromatic nitrogens is 2. The number of alkyl halides is 3. The van der Waals surface area contributed by atoms with Gasteiger partial charge in [0.1, 0.15) is 22.5 Å². The number of halogens is 4. The second-order valence-electron chi connectivity index (χ2n) is 4.13. The van der Waals surface area contributed by atoms with E-state index >= 15 is 0 Å². The van der Waals surface area contributed by atoms with Crippen LogP contribution < -0.4 is 10.1 Å². The molecule has 0 bridgehead atoms. The van der Waals surface area contributed by atoms with E-state index in [1.807, 2.05) is 0 Å². The summed E-state index contributed by atoms with van der Waals surface area (Å²) in [6.45, 7) is 1.77. The van der Waals surface area contributed by atoms with Crippen molar-refractivity contribution in [1.82, 2.24) is 9.97 Å². The summed E-state index contributed by atoms with van der Waals surface area (Å²) >= 11 is 5.79. The Morgan fingerprint density at radius 1 is 1.24 bits per heavy atom. The van der Waals surface area contributed by atoms with E-state index in [4.69, 9.17) is 11.6 Å². The Kier molecular flexibility index (Phi) is 4.52. The molecule has 112 valence electrons. The van der Waals surface area contributed by atoms with Crippen molar-refractivity contribution < 1.29 is 17.9 Å². The summed E-state index contributed by atoms with van der Waals surface area (Å²) in [5.41, 5.74) is 0.349. The third-order valence-electron chi connectivity index (χ3n) is 2.46. The number of aryl methyl sites for hydroxylation is 1. The SMILES string of the molecule is Cc1nc(Cl)cc(NCc2ccccc2OC(F)(F)F)n1. The summed E-state index contributed by atoms with van der Waals surface area (Å²) in [6.07, 6.45) is -4.73. The van der Waals surface area contributed by atoms with E-state index in [9.17, 15) is 13.2 Å².